The van der Waals surface area contributed by atoms with Gasteiger partial charge in [-0.2, -0.15) is 0 Å². The van der Waals surface area contributed by atoms with Crippen LogP contribution in [0.25, 0.3) is 11.3 Å². The molecule has 0 atom stereocenters. The second kappa shape index (κ2) is 6.80. The minimum absolute atomic E-state index is 0.692. The third-order valence-corrected chi connectivity index (χ3v) is 8.80. The summed E-state index contributed by atoms with van der Waals surface area (Å²) < 4.78 is 3.99. The van der Waals surface area contributed by atoms with E-state index in [-0.39, 0.29) is 0 Å². The SMILES string of the molecule is Cc1ccc(C)c(-c2cc(CC(C)C)[c]([Ge]([CH3])([CH3])[CH3])c[n+]2C)c1. The molecule has 124 valence electrons. The molecule has 0 radical (unpaired) electrons. The number of nitrogens with zero attached hydrogens (tertiary/aromatic N) is 1. The molecule has 0 amide bonds. The van der Waals surface area contributed by atoms with Crippen molar-refractivity contribution in [2.24, 2.45) is 13.0 Å². The monoisotopic (exact) mass is 372 g/mol. The predicted molar refractivity (Wildman–Crippen MR) is 104 cm³/mol. The number of benzene rings is 1. The van der Waals surface area contributed by atoms with Crippen molar-refractivity contribution in [2.45, 2.75) is 51.4 Å². The summed E-state index contributed by atoms with van der Waals surface area (Å²) in [6.07, 6.45) is 3.60. The number of aromatic nitrogens is 1. The maximum absolute atomic E-state index is 2.50. The average Bonchev–Trinajstić information content (AvgIpc) is 2.41. The molecule has 23 heavy (non-hydrogen) atoms. The molecule has 0 spiro atoms. The van der Waals surface area contributed by atoms with E-state index < -0.39 is 13.3 Å². The van der Waals surface area contributed by atoms with Gasteiger partial charge in [0.05, 0.1) is 0 Å². The van der Waals surface area contributed by atoms with Gasteiger partial charge in [-0.05, 0) is 0 Å². The van der Waals surface area contributed by atoms with Crippen LogP contribution in [0.5, 0.6) is 0 Å². The van der Waals surface area contributed by atoms with E-state index in [4.69, 9.17) is 0 Å². The summed E-state index contributed by atoms with van der Waals surface area (Å²) in [6, 6.07) is 9.23. The fraction of sp³-hybridized carbons (Fsp3) is 0.476. The first-order chi connectivity index (χ1) is 10.6. The van der Waals surface area contributed by atoms with Crippen LogP contribution in [0, 0.1) is 19.8 Å². The Bertz CT molecular complexity index is 709. The van der Waals surface area contributed by atoms with Crippen LogP contribution in [0.4, 0.5) is 0 Å². The van der Waals surface area contributed by atoms with Gasteiger partial charge in [-0.25, -0.2) is 0 Å². The van der Waals surface area contributed by atoms with Gasteiger partial charge < -0.3 is 0 Å². The Hall–Kier alpha value is -1.09. The summed E-state index contributed by atoms with van der Waals surface area (Å²) in [5, 5.41) is 0. The molecule has 1 aromatic heterocycles. The van der Waals surface area contributed by atoms with Crippen LogP contribution in [0.15, 0.2) is 30.5 Å². The zero-order valence-corrected chi connectivity index (χ0v) is 18.2. The number of pyridine rings is 1. The van der Waals surface area contributed by atoms with Gasteiger partial charge in [0.25, 0.3) is 0 Å². The van der Waals surface area contributed by atoms with Crippen LogP contribution in [-0.2, 0) is 13.5 Å². The molecule has 2 rings (SSSR count). The Morgan fingerprint density at radius 2 is 1.70 bits per heavy atom. The summed E-state index contributed by atoms with van der Waals surface area (Å²) >= 11 is -1.88. The summed E-state index contributed by atoms with van der Waals surface area (Å²) in [6.45, 7) is 9.04. The van der Waals surface area contributed by atoms with Crippen molar-refractivity contribution >= 4 is 17.7 Å². The molecular formula is C21H32GeN+. The minimum atomic E-state index is -1.88. The van der Waals surface area contributed by atoms with Crippen LogP contribution in [0.1, 0.15) is 30.5 Å². The molecular weight excluding hydrogens is 339 g/mol. The third kappa shape index (κ3) is 4.26. The molecule has 1 heterocycles. The Labute approximate surface area is 145 Å². The van der Waals surface area contributed by atoms with Gasteiger partial charge in [0.1, 0.15) is 0 Å². The van der Waals surface area contributed by atoms with E-state index in [1.807, 2.05) is 0 Å². The molecule has 2 heteroatoms. The van der Waals surface area contributed by atoms with Crippen LogP contribution < -0.4 is 8.96 Å². The first kappa shape index (κ1) is 18.3. The van der Waals surface area contributed by atoms with Gasteiger partial charge in [0.15, 0.2) is 0 Å². The Morgan fingerprint density at radius 3 is 2.26 bits per heavy atom. The average molecular weight is 371 g/mol. The van der Waals surface area contributed by atoms with Gasteiger partial charge in [-0.3, -0.25) is 0 Å². The van der Waals surface area contributed by atoms with Gasteiger partial charge in [0, 0.05) is 0 Å². The summed E-state index contributed by atoms with van der Waals surface area (Å²) in [5.41, 5.74) is 6.96. The molecule has 0 aliphatic carbocycles. The fourth-order valence-electron chi connectivity index (χ4n) is 3.25. The molecule has 0 bridgehead atoms. The Balaban J connectivity index is 2.68. The fourth-order valence-corrected chi connectivity index (χ4v) is 6.86. The van der Waals surface area contributed by atoms with E-state index in [0.717, 1.165) is 0 Å². The van der Waals surface area contributed by atoms with Crippen molar-refractivity contribution in [1.29, 1.82) is 0 Å². The van der Waals surface area contributed by atoms with Crippen molar-refractivity contribution in [2.75, 3.05) is 0 Å². The normalized spacial score (nSPS) is 12.0. The van der Waals surface area contributed by atoms with Crippen molar-refractivity contribution in [1.82, 2.24) is 0 Å². The molecule has 0 N–H and O–H groups in total. The quantitative estimate of drug-likeness (QED) is 0.549. The molecule has 0 aliphatic heterocycles. The van der Waals surface area contributed by atoms with E-state index >= 15 is 0 Å². The molecule has 2 aromatic rings. The first-order valence-corrected chi connectivity index (χ1v) is 16.0. The van der Waals surface area contributed by atoms with Crippen LogP contribution in [0.2, 0.25) is 17.3 Å². The number of hydrogen-bond donors (Lipinski definition) is 0. The summed E-state index contributed by atoms with van der Waals surface area (Å²) in [7, 11) is 2.20. The predicted octanol–water partition coefficient (Wildman–Crippen LogP) is 4.54. The van der Waals surface area contributed by atoms with Crippen molar-refractivity contribution in [3.8, 4) is 11.3 Å². The molecule has 1 nitrogen and oxygen atoms in total. The molecule has 0 saturated heterocycles. The van der Waals surface area contributed by atoms with E-state index in [1.54, 1.807) is 9.96 Å². The van der Waals surface area contributed by atoms with Gasteiger partial charge >= 0.3 is 145 Å². The van der Waals surface area contributed by atoms with Crippen molar-refractivity contribution in [3.05, 3.63) is 47.2 Å². The summed E-state index contributed by atoms with van der Waals surface area (Å²) in [5.74, 6) is 8.18. The second-order valence-corrected chi connectivity index (χ2v) is 18.9. The second-order valence-electron chi connectivity index (χ2n) is 8.37. The Morgan fingerprint density at radius 1 is 1.04 bits per heavy atom. The van der Waals surface area contributed by atoms with E-state index in [1.165, 1.54) is 28.8 Å². The molecule has 0 unspecified atom stereocenters. The zero-order chi connectivity index (χ0) is 17.4. The summed E-state index contributed by atoms with van der Waals surface area (Å²) in [4.78, 5) is 0. The third-order valence-electron chi connectivity index (χ3n) is 4.46. The van der Waals surface area contributed by atoms with Crippen molar-refractivity contribution < 1.29 is 4.57 Å². The topological polar surface area (TPSA) is 3.88 Å². The van der Waals surface area contributed by atoms with E-state index in [9.17, 15) is 0 Å². The molecule has 0 aliphatic rings. The van der Waals surface area contributed by atoms with Gasteiger partial charge in [-0.1, -0.05) is 0 Å². The standard InChI is InChI=1S/C21H32GeN/c1-15(2)11-18-13-21(19-12-16(3)9-10-17(19)4)23(8)14-20(18)22(5,6)7/h9-10,12-15H,11H2,1-8H3/q+1. The van der Waals surface area contributed by atoms with Crippen LogP contribution >= 0.6 is 0 Å². The first-order valence-electron chi connectivity index (χ1n) is 8.70. The van der Waals surface area contributed by atoms with E-state index in [2.05, 4.69) is 87.0 Å². The van der Waals surface area contributed by atoms with Gasteiger partial charge in [0.2, 0.25) is 0 Å². The number of aryl methyl sites for hydroxylation is 3. The van der Waals surface area contributed by atoms with Gasteiger partial charge in [-0.15, -0.1) is 0 Å². The molecule has 0 saturated carbocycles. The van der Waals surface area contributed by atoms with E-state index in [0.29, 0.717) is 5.92 Å². The zero-order valence-electron chi connectivity index (χ0n) is 16.1. The number of hydrogen-bond acceptors (Lipinski definition) is 0. The maximum atomic E-state index is 2.50. The van der Waals surface area contributed by atoms with Crippen LogP contribution in [-0.4, -0.2) is 13.3 Å². The Kier molecular flexibility index (Phi) is 5.40. The van der Waals surface area contributed by atoms with Crippen LogP contribution in [0.3, 0.4) is 0 Å². The van der Waals surface area contributed by atoms with Crippen molar-refractivity contribution in [3.63, 3.8) is 0 Å². The molecule has 1 aromatic carbocycles. The number of rotatable bonds is 4. The molecule has 0 fully saturated rings.